The molecule has 2 aromatic rings. The molecule has 0 saturated carbocycles. The minimum absolute atomic E-state index is 0.110. The van der Waals surface area contributed by atoms with E-state index in [0.29, 0.717) is 0 Å². The molecule has 2 aromatic carbocycles. The Morgan fingerprint density at radius 1 is 1.03 bits per heavy atom. The molecule has 0 spiro atoms. The lowest BCUT2D eigenvalue weighted by Crippen LogP contribution is -2.44. The fourth-order valence-corrected chi connectivity index (χ4v) is 5.80. The fourth-order valence-electron chi connectivity index (χ4n) is 5.80. The van der Waals surface area contributed by atoms with Crippen LogP contribution in [0.4, 0.5) is 5.69 Å². The highest BCUT2D eigenvalue weighted by Crippen LogP contribution is 2.51. The number of hydrogen-bond acceptors (Lipinski definition) is 4. The van der Waals surface area contributed by atoms with E-state index in [1.54, 1.807) is 0 Å². The first-order chi connectivity index (χ1) is 14.7. The molecule has 5 rings (SSSR count). The fraction of sp³-hybridized carbons (Fsp3) is 0.480. The van der Waals surface area contributed by atoms with Gasteiger partial charge in [0.1, 0.15) is 0 Å². The third-order valence-electron chi connectivity index (χ3n) is 7.29. The van der Waals surface area contributed by atoms with Crippen LogP contribution >= 0.6 is 0 Å². The summed E-state index contributed by atoms with van der Waals surface area (Å²) < 4.78 is 5.43. The molecule has 3 heterocycles. The molecule has 2 bridgehead atoms. The third kappa shape index (κ3) is 3.40. The third-order valence-corrected chi connectivity index (χ3v) is 7.29. The summed E-state index contributed by atoms with van der Waals surface area (Å²) in [6.45, 7) is 3.41. The number of carbonyl (C=O) groups excluding carboxylic acids is 1. The molecule has 1 amide bonds. The largest absolute Gasteiger partial charge is 0.396 e. The number of rotatable bonds is 5. The van der Waals surface area contributed by atoms with Gasteiger partial charge in [-0.05, 0) is 55.5 Å². The Morgan fingerprint density at radius 3 is 2.47 bits per heavy atom. The van der Waals surface area contributed by atoms with Gasteiger partial charge in [-0.1, -0.05) is 30.3 Å². The highest BCUT2D eigenvalue weighted by molar-refractivity contribution is 5.95. The van der Waals surface area contributed by atoms with Gasteiger partial charge in [-0.3, -0.25) is 4.79 Å². The number of nitrogens with zero attached hydrogens (tertiary/aromatic N) is 2. The molecular weight excluding hydrogens is 376 g/mol. The molecule has 30 heavy (non-hydrogen) atoms. The Kier molecular flexibility index (Phi) is 5.25. The number of carbonyl (C=O) groups is 1. The molecule has 0 aromatic heterocycles. The molecule has 0 unspecified atom stereocenters. The van der Waals surface area contributed by atoms with Crippen LogP contribution in [0.25, 0.3) is 0 Å². The molecule has 3 saturated heterocycles. The van der Waals surface area contributed by atoms with Crippen LogP contribution in [0.2, 0.25) is 0 Å². The first-order valence-electron chi connectivity index (χ1n) is 11.1. The predicted molar refractivity (Wildman–Crippen MR) is 117 cm³/mol. The first kappa shape index (κ1) is 19.6. The zero-order chi connectivity index (χ0) is 20.6. The molecule has 158 valence electrons. The highest BCUT2D eigenvalue weighted by atomic mass is 16.5. The van der Waals surface area contributed by atoms with Crippen molar-refractivity contribution in [2.45, 2.75) is 37.8 Å². The van der Waals surface area contributed by atoms with Crippen LogP contribution in [-0.2, 0) is 11.2 Å². The van der Waals surface area contributed by atoms with Crippen LogP contribution in [0.1, 0.15) is 35.2 Å². The Balaban J connectivity index is 1.34. The number of aliphatic hydroxyl groups excluding tert-OH is 1. The zero-order valence-electron chi connectivity index (χ0n) is 17.4. The van der Waals surface area contributed by atoms with Gasteiger partial charge in [0.25, 0.3) is 5.91 Å². The number of anilines is 1. The van der Waals surface area contributed by atoms with E-state index >= 15 is 0 Å². The second-order valence-electron chi connectivity index (χ2n) is 8.99. The monoisotopic (exact) mass is 406 g/mol. The van der Waals surface area contributed by atoms with Gasteiger partial charge in [0, 0.05) is 41.8 Å². The van der Waals surface area contributed by atoms with Gasteiger partial charge < -0.3 is 19.6 Å². The summed E-state index contributed by atoms with van der Waals surface area (Å²) >= 11 is 0. The maximum absolute atomic E-state index is 13.5. The van der Waals surface area contributed by atoms with E-state index in [1.165, 1.54) is 5.56 Å². The molecule has 3 fully saturated rings. The molecule has 1 N–H and O–H groups in total. The minimum atomic E-state index is -0.229. The van der Waals surface area contributed by atoms with Crippen molar-refractivity contribution in [1.82, 2.24) is 4.90 Å². The van der Waals surface area contributed by atoms with E-state index in [4.69, 9.17) is 4.74 Å². The summed E-state index contributed by atoms with van der Waals surface area (Å²) in [4.78, 5) is 17.8. The van der Waals surface area contributed by atoms with Gasteiger partial charge in [0.2, 0.25) is 0 Å². The number of ether oxygens (including phenoxy) is 1. The summed E-state index contributed by atoms with van der Waals surface area (Å²) in [5.74, 6) is 0.111. The maximum atomic E-state index is 13.5. The molecule has 0 aliphatic carbocycles. The molecular formula is C25H30N2O3. The Labute approximate surface area is 178 Å². The van der Waals surface area contributed by atoms with Crippen LogP contribution in [0.5, 0.6) is 0 Å². The molecule has 3 aliphatic heterocycles. The van der Waals surface area contributed by atoms with Crippen LogP contribution in [-0.4, -0.2) is 60.9 Å². The predicted octanol–water partition coefficient (Wildman–Crippen LogP) is 3.12. The van der Waals surface area contributed by atoms with Crippen LogP contribution < -0.4 is 4.90 Å². The van der Waals surface area contributed by atoms with Crippen molar-refractivity contribution in [3.8, 4) is 0 Å². The van der Waals surface area contributed by atoms with Gasteiger partial charge in [0.05, 0.1) is 19.8 Å². The van der Waals surface area contributed by atoms with Crippen molar-refractivity contribution in [1.29, 1.82) is 0 Å². The summed E-state index contributed by atoms with van der Waals surface area (Å²) in [6.07, 6.45) is 3.74. The van der Waals surface area contributed by atoms with Gasteiger partial charge in [-0.2, -0.15) is 0 Å². The lowest BCUT2D eigenvalue weighted by Gasteiger charge is -2.36. The summed E-state index contributed by atoms with van der Waals surface area (Å²) in [6, 6.07) is 18.7. The normalized spacial score (nSPS) is 28.2. The number of amides is 1. The second kappa shape index (κ2) is 8.05. The maximum Gasteiger partial charge on any atom is 0.254 e. The Hall–Kier alpha value is -2.37. The van der Waals surface area contributed by atoms with Crippen LogP contribution in [0, 0.1) is 5.41 Å². The lowest BCUT2D eigenvalue weighted by atomic mass is 9.70. The van der Waals surface area contributed by atoms with E-state index < -0.39 is 0 Å². The van der Waals surface area contributed by atoms with Crippen molar-refractivity contribution < 1.29 is 14.6 Å². The summed E-state index contributed by atoms with van der Waals surface area (Å²) in [5, 5.41) is 10.4. The van der Waals surface area contributed by atoms with Crippen molar-refractivity contribution >= 4 is 11.6 Å². The summed E-state index contributed by atoms with van der Waals surface area (Å²) in [5.41, 5.74) is 2.90. The van der Waals surface area contributed by atoms with E-state index in [0.717, 1.165) is 63.2 Å². The molecule has 5 heteroatoms. The average molecular weight is 407 g/mol. The van der Waals surface area contributed by atoms with E-state index in [2.05, 4.69) is 34.1 Å². The van der Waals surface area contributed by atoms with E-state index in [1.807, 2.05) is 30.3 Å². The molecule has 3 atom stereocenters. The summed E-state index contributed by atoms with van der Waals surface area (Å²) in [7, 11) is 0. The topological polar surface area (TPSA) is 53.0 Å². The number of hydrogen-bond donors (Lipinski definition) is 1. The lowest BCUT2D eigenvalue weighted by molar-refractivity contribution is 0.0571. The van der Waals surface area contributed by atoms with Crippen molar-refractivity contribution in [3.05, 3.63) is 65.7 Å². The standard InChI is InChI=1S/C25H30N2O3/c28-18-25(16-19-4-2-1-3-5-19)17-22-10-11-23(25)27(22)24(29)20-6-8-21(9-7-20)26-12-14-30-15-13-26/h1-9,22-23,28H,10-18H2/t22-,23+,25-/m1/s1. The van der Waals surface area contributed by atoms with E-state index in [9.17, 15) is 9.90 Å². The van der Waals surface area contributed by atoms with Gasteiger partial charge in [-0.25, -0.2) is 0 Å². The molecule has 3 aliphatic rings. The number of benzene rings is 2. The van der Waals surface area contributed by atoms with Gasteiger partial charge in [0.15, 0.2) is 0 Å². The van der Waals surface area contributed by atoms with Gasteiger partial charge in [-0.15, -0.1) is 0 Å². The SMILES string of the molecule is O=C(c1ccc(N2CCOCC2)cc1)N1[C@@H]2CC[C@H]1[C@](CO)(Cc1ccccc1)C2. The molecule has 5 nitrogen and oxygen atoms in total. The first-order valence-corrected chi connectivity index (χ1v) is 11.1. The zero-order valence-corrected chi connectivity index (χ0v) is 17.4. The number of morpholine rings is 1. The van der Waals surface area contributed by atoms with Crippen molar-refractivity contribution in [3.63, 3.8) is 0 Å². The highest BCUT2D eigenvalue weighted by Gasteiger charge is 2.57. The van der Waals surface area contributed by atoms with Gasteiger partial charge >= 0.3 is 0 Å². The Bertz CT molecular complexity index is 879. The minimum Gasteiger partial charge on any atom is -0.396 e. The van der Waals surface area contributed by atoms with Crippen molar-refractivity contribution in [2.75, 3.05) is 37.8 Å². The van der Waals surface area contributed by atoms with Crippen molar-refractivity contribution in [2.24, 2.45) is 5.41 Å². The van der Waals surface area contributed by atoms with Crippen LogP contribution in [0.15, 0.2) is 54.6 Å². The number of fused-ring (bicyclic) bond motifs is 2. The number of aliphatic hydroxyl groups is 1. The average Bonchev–Trinajstić information content (AvgIpc) is 3.36. The second-order valence-corrected chi connectivity index (χ2v) is 8.99. The molecule has 0 radical (unpaired) electrons. The smallest absolute Gasteiger partial charge is 0.254 e. The Morgan fingerprint density at radius 2 is 1.77 bits per heavy atom. The quantitative estimate of drug-likeness (QED) is 0.829. The van der Waals surface area contributed by atoms with E-state index in [-0.39, 0.29) is 30.0 Å². The van der Waals surface area contributed by atoms with Crippen LogP contribution in [0.3, 0.4) is 0 Å².